The molecule has 0 aliphatic heterocycles. The summed E-state index contributed by atoms with van der Waals surface area (Å²) in [5.41, 5.74) is 1.10. The molecule has 3 rings (SSSR count). The fourth-order valence-corrected chi connectivity index (χ4v) is 3.99. The largest absolute Gasteiger partial charge is 0.481 e. The summed E-state index contributed by atoms with van der Waals surface area (Å²) >= 11 is 1.86. The van der Waals surface area contributed by atoms with Gasteiger partial charge in [0.25, 0.3) is 0 Å². The molecule has 1 aromatic heterocycles. The molecule has 2 aliphatic carbocycles. The van der Waals surface area contributed by atoms with Crippen molar-refractivity contribution in [1.82, 2.24) is 0 Å². The van der Waals surface area contributed by atoms with Gasteiger partial charge in [-0.3, -0.25) is 4.79 Å². The molecule has 1 fully saturated rings. The van der Waals surface area contributed by atoms with Crippen LogP contribution in [0.1, 0.15) is 41.0 Å². The average Bonchev–Trinajstić information content (AvgIpc) is 2.92. The second-order valence-corrected chi connectivity index (χ2v) is 6.35. The van der Waals surface area contributed by atoms with Crippen molar-refractivity contribution < 1.29 is 9.90 Å². The van der Waals surface area contributed by atoms with Crippen LogP contribution in [-0.2, 0) is 24.1 Å². The molecule has 1 N–H and O–H groups in total. The number of hydrogen-bond acceptors (Lipinski definition) is 2. The maximum atomic E-state index is 11.1. The summed E-state index contributed by atoms with van der Waals surface area (Å²) in [6.07, 6.45) is 7.51. The van der Waals surface area contributed by atoms with Crippen LogP contribution in [0, 0.1) is 5.41 Å². The number of carbonyl (C=O) groups is 1. The van der Waals surface area contributed by atoms with E-state index in [4.69, 9.17) is 0 Å². The van der Waals surface area contributed by atoms with Gasteiger partial charge in [-0.05, 0) is 56.6 Å². The first-order chi connectivity index (χ1) is 7.70. The Hall–Kier alpha value is -0.830. The first kappa shape index (κ1) is 10.3. The number of carboxylic acids is 1. The summed E-state index contributed by atoms with van der Waals surface area (Å²) < 4.78 is 0. The summed E-state index contributed by atoms with van der Waals surface area (Å²) in [7, 11) is 0. The van der Waals surface area contributed by atoms with E-state index in [9.17, 15) is 9.90 Å². The second kappa shape index (κ2) is 3.59. The van der Waals surface area contributed by atoms with Crippen LogP contribution in [0.3, 0.4) is 0 Å². The van der Waals surface area contributed by atoms with Gasteiger partial charge in [0.05, 0.1) is 5.41 Å². The standard InChI is InChI=1S/C13H16O2S/c14-12(15)13(5-6-13)8-10-7-9-3-1-2-4-11(9)16-10/h7H,1-6,8H2,(H,14,15). The molecule has 0 radical (unpaired) electrons. The van der Waals surface area contributed by atoms with Crippen molar-refractivity contribution in [2.75, 3.05) is 0 Å². The molecule has 16 heavy (non-hydrogen) atoms. The first-order valence-electron chi connectivity index (χ1n) is 6.03. The molecule has 0 saturated heterocycles. The van der Waals surface area contributed by atoms with Crippen molar-refractivity contribution in [2.45, 2.75) is 44.9 Å². The minimum Gasteiger partial charge on any atom is -0.481 e. The highest BCUT2D eigenvalue weighted by Crippen LogP contribution is 2.49. The number of fused-ring (bicyclic) bond motifs is 1. The molecule has 3 heteroatoms. The number of thiophene rings is 1. The van der Waals surface area contributed by atoms with E-state index in [0.29, 0.717) is 0 Å². The molecule has 0 unspecified atom stereocenters. The van der Waals surface area contributed by atoms with Crippen LogP contribution >= 0.6 is 11.3 Å². The third-order valence-corrected chi connectivity index (χ3v) is 5.10. The lowest BCUT2D eigenvalue weighted by atomic mass is 9.97. The number of rotatable bonds is 3. The van der Waals surface area contributed by atoms with E-state index < -0.39 is 11.4 Å². The van der Waals surface area contributed by atoms with Gasteiger partial charge in [-0.15, -0.1) is 11.3 Å². The topological polar surface area (TPSA) is 37.3 Å². The lowest BCUT2D eigenvalue weighted by Gasteiger charge is -2.08. The summed E-state index contributed by atoms with van der Waals surface area (Å²) in [6.45, 7) is 0. The average molecular weight is 236 g/mol. The maximum Gasteiger partial charge on any atom is 0.309 e. The van der Waals surface area contributed by atoms with E-state index in [1.165, 1.54) is 41.0 Å². The Morgan fingerprint density at radius 3 is 2.75 bits per heavy atom. The third-order valence-electron chi connectivity index (χ3n) is 3.87. The predicted molar refractivity (Wildman–Crippen MR) is 64.0 cm³/mol. The lowest BCUT2D eigenvalue weighted by Crippen LogP contribution is -2.16. The molecular formula is C13H16O2S. The quantitative estimate of drug-likeness (QED) is 0.876. The molecule has 1 saturated carbocycles. The highest BCUT2D eigenvalue weighted by Gasteiger charge is 2.50. The molecule has 0 aromatic carbocycles. The number of carboxylic acid groups (broad SMARTS) is 1. The Bertz CT molecular complexity index is 406. The summed E-state index contributed by atoms with van der Waals surface area (Å²) in [4.78, 5) is 13.9. The Morgan fingerprint density at radius 2 is 2.12 bits per heavy atom. The minimum absolute atomic E-state index is 0.395. The molecule has 2 aliphatic rings. The zero-order chi connectivity index (χ0) is 11.2. The van der Waals surface area contributed by atoms with Crippen LogP contribution in [-0.4, -0.2) is 11.1 Å². The van der Waals surface area contributed by atoms with Crippen molar-refractivity contribution in [2.24, 2.45) is 5.41 Å². The molecule has 0 bridgehead atoms. The van der Waals surface area contributed by atoms with E-state index in [-0.39, 0.29) is 0 Å². The number of aliphatic carboxylic acids is 1. The summed E-state index contributed by atoms with van der Waals surface area (Å²) in [6, 6.07) is 2.27. The first-order valence-corrected chi connectivity index (χ1v) is 6.85. The van der Waals surface area contributed by atoms with Gasteiger partial charge in [0.1, 0.15) is 0 Å². The van der Waals surface area contributed by atoms with Crippen LogP contribution in [0.2, 0.25) is 0 Å². The van der Waals surface area contributed by atoms with E-state index in [0.717, 1.165) is 19.3 Å². The Balaban J connectivity index is 1.80. The van der Waals surface area contributed by atoms with Crippen LogP contribution in [0.25, 0.3) is 0 Å². The maximum absolute atomic E-state index is 11.1. The normalized spacial score (nSPS) is 21.5. The fraction of sp³-hybridized carbons (Fsp3) is 0.615. The van der Waals surface area contributed by atoms with Crippen LogP contribution < -0.4 is 0 Å². The molecule has 0 atom stereocenters. The second-order valence-electron chi connectivity index (χ2n) is 5.13. The SMILES string of the molecule is O=C(O)C1(Cc2cc3c(s2)CCCC3)CC1. The zero-order valence-electron chi connectivity index (χ0n) is 9.29. The van der Waals surface area contributed by atoms with Gasteiger partial charge < -0.3 is 5.11 Å². The van der Waals surface area contributed by atoms with E-state index in [2.05, 4.69) is 6.07 Å². The van der Waals surface area contributed by atoms with Crippen molar-refractivity contribution in [3.05, 3.63) is 21.4 Å². The molecule has 86 valence electrons. The van der Waals surface area contributed by atoms with E-state index in [1.807, 2.05) is 11.3 Å². The van der Waals surface area contributed by atoms with Crippen LogP contribution in [0.4, 0.5) is 0 Å². The Labute approximate surface area is 99.3 Å². The van der Waals surface area contributed by atoms with Crippen LogP contribution in [0.5, 0.6) is 0 Å². The summed E-state index contributed by atoms with van der Waals surface area (Å²) in [5, 5.41) is 9.17. The Kier molecular flexibility index (Phi) is 2.32. The fourth-order valence-electron chi connectivity index (χ4n) is 2.59. The molecule has 1 aromatic rings. The van der Waals surface area contributed by atoms with E-state index >= 15 is 0 Å². The van der Waals surface area contributed by atoms with E-state index in [1.54, 1.807) is 0 Å². The van der Waals surface area contributed by atoms with Crippen molar-refractivity contribution >= 4 is 17.3 Å². The number of hydrogen-bond donors (Lipinski definition) is 1. The molecular weight excluding hydrogens is 220 g/mol. The number of aryl methyl sites for hydroxylation is 2. The van der Waals surface area contributed by atoms with Crippen molar-refractivity contribution in [3.63, 3.8) is 0 Å². The van der Waals surface area contributed by atoms with Crippen LogP contribution in [0.15, 0.2) is 6.07 Å². The molecule has 0 amide bonds. The third kappa shape index (κ3) is 1.67. The smallest absolute Gasteiger partial charge is 0.309 e. The van der Waals surface area contributed by atoms with Crippen molar-refractivity contribution in [3.8, 4) is 0 Å². The highest BCUT2D eigenvalue weighted by molar-refractivity contribution is 7.12. The molecule has 1 heterocycles. The zero-order valence-corrected chi connectivity index (χ0v) is 10.1. The molecule has 0 spiro atoms. The van der Waals surface area contributed by atoms with Gasteiger partial charge >= 0.3 is 5.97 Å². The van der Waals surface area contributed by atoms with Gasteiger partial charge in [-0.2, -0.15) is 0 Å². The van der Waals surface area contributed by atoms with Gasteiger partial charge in [0, 0.05) is 9.75 Å². The van der Waals surface area contributed by atoms with Gasteiger partial charge in [-0.25, -0.2) is 0 Å². The summed E-state index contributed by atoms with van der Waals surface area (Å²) in [5.74, 6) is -0.598. The predicted octanol–water partition coefficient (Wildman–Crippen LogP) is 3.03. The van der Waals surface area contributed by atoms with Gasteiger partial charge in [-0.1, -0.05) is 0 Å². The van der Waals surface area contributed by atoms with Crippen molar-refractivity contribution in [1.29, 1.82) is 0 Å². The van der Waals surface area contributed by atoms with Gasteiger partial charge in [0.15, 0.2) is 0 Å². The monoisotopic (exact) mass is 236 g/mol. The minimum atomic E-state index is -0.598. The lowest BCUT2D eigenvalue weighted by molar-refractivity contribution is -0.143. The highest BCUT2D eigenvalue weighted by atomic mass is 32.1. The molecule has 2 nitrogen and oxygen atoms in total. The van der Waals surface area contributed by atoms with Gasteiger partial charge in [0.2, 0.25) is 0 Å². The Morgan fingerprint density at radius 1 is 1.38 bits per heavy atom.